The number of furan rings is 1. The second-order valence-corrected chi connectivity index (χ2v) is 7.23. The van der Waals surface area contributed by atoms with Crippen LogP contribution in [0.15, 0.2) is 41.2 Å². The van der Waals surface area contributed by atoms with Gasteiger partial charge in [0.05, 0.1) is 11.8 Å². The Kier molecular flexibility index (Phi) is 5.14. The maximum absolute atomic E-state index is 12.8. The molecular weight excluding hydrogens is 342 g/mol. The van der Waals surface area contributed by atoms with E-state index in [9.17, 15) is 9.59 Å². The van der Waals surface area contributed by atoms with Crippen LogP contribution in [0, 0.1) is 0 Å². The molecule has 6 heteroatoms. The van der Waals surface area contributed by atoms with Crippen LogP contribution in [0.1, 0.15) is 40.7 Å². The summed E-state index contributed by atoms with van der Waals surface area (Å²) in [5.41, 5.74) is 4.13. The van der Waals surface area contributed by atoms with Gasteiger partial charge in [0.25, 0.3) is 5.91 Å². The third kappa shape index (κ3) is 3.84. The summed E-state index contributed by atoms with van der Waals surface area (Å²) >= 11 is 0. The van der Waals surface area contributed by atoms with Gasteiger partial charge in [-0.3, -0.25) is 4.79 Å². The monoisotopic (exact) mass is 367 g/mol. The molecule has 1 aliphatic heterocycles. The second-order valence-electron chi connectivity index (χ2n) is 7.23. The van der Waals surface area contributed by atoms with Crippen LogP contribution in [-0.2, 0) is 12.8 Å². The fourth-order valence-corrected chi connectivity index (χ4v) is 3.99. The molecule has 6 nitrogen and oxygen atoms in total. The van der Waals surface area contributed by atoms with Gasteiger partial charge in [0.15, 0.2) is 0 Å². The number of aryl methyl sites for hydroxylation is 1. The number of fused-ring (bicyclic) bond motifs is 1. The zero-order valence-electron chi connectivity index (χ0n) is 15.4. The smallest absolute Gasteiger partial charge is 0.321 e. The van der Waals surface area contributed by atoms with Crippen LogP contribution < -0.4 is 5.32 Å². The first-order valence-corrected chi connectivity index (χ1v) is 9.70. The van der Waals surface area contributed by atoms with Crippen molar-refractivity contribution in [2.45, 2.75) is 32.1 Å². The molecule has 142 valence electrons. The van der Waals surface area contributed by atoms with Crippen molar-refractivity contribution < 1.29 is 14.0 Å². The Morgan fingerprint density at radius 3 is 2.59 bits per heavy atom. The standard InChI is InChI=1S/C21H25N3O3/c25-20(17-9-14-27-15-17)23-10-4-11-24(13-12-23)21(26)22-19-8-3-6-16-5-1-2-7-18(16)19/h3,6,8-9,14-15H,1-2,4-5,7,10-13H2,(H,22,26). The topological polar surface area (TPSA) is 65.8 Å². The molecule has 0 unspecified atom stereocenters. The van der Waals surface area contributed by atoms with Gasteiger partial charge in [0, 0.05) is 31.9 Å². The SMILES string of the molecule is O=C(Nc1cccc2c1CCCC2)N1CCCN(C(=O)c2ccoc2)CC1. The Morgan fingerprint density at radius 2 is 1.74 bits per heavy atom. The third-order valence-electron chi connectivity index (χ3n) is 5.48. The van der Waals surface area contributed by atoms with Crippen LogP contribution in [-0.4, -0.2) is 47.9 Å². The fraction of sp³-hybridized carbons (Fsp3) is 0.429. The number of nitrogens with zero attached hydrogens (tertiary/aromatic N) is 2. The lowest BCUT2D eigenvalue weighted by atomic mass is 9.90. The number of anilines is 1. The maximum atomic E-state index is 12.8. The lowest BCUT2D eigenvalue weighted by molar-refractivity contribution is 0.0762. The van der Waals surface area contributed by atoms with Crippen molar-refractivity contribution in [1.29, 1.82) is 0 Å². The fourth-order valence-electron chi connectivity index (χ4n) is 3.99. The molecule has 1 fully saturated rings. The molecule has 1 aliphatic carbocycles. The lowest BCUT2D eigenvalue weighted by Crippen LogP contribution is -2.39. The van der Waals surface area contributed by atoms with Crippen molar-refractivity contribution in [3.05, 3.63) is 53.5 Å². The van der Waals surface area contributed by atoms with Gasteiger partial charge in [-0.1, -0.05) is 12.1 Å². The van der Waals surface area contributed by atoms with Crippen molar-refractivity contribution in [3.8, 4) is 0 Å². The normalized spacial score (nSPS) is 17.2. The number of rotatable bonds is 2. The molecule has 0 bridgehead atoms. The molecular formula is C21H25N3O3. The van der Waals surface area contributed by atoms with Crippen LogP contribution in [0.4, 0.5) is 10.5 Å². The van der Waals surface area contributed by atoms with Crippen LogP contribution >= 0.6 is 0 Å². The van der Waals surface area contributed by atoms with Crippen molar-refractivity contribution in [2.75, 3.05) is 31.5 Å². The number of carbonyl (C=O) groups excluding carboxylic acids is 2. The van der Waals surface area contributed by atoms with Crippen LogP contribution in [0.3, 0.4) is 0 Å². The van der Waals surface area contributed by atoms with Crippen molar-refractivity contribution >= 4 is 17.6 Å². The van der Waals surface area contributed by atoms with Crippen LogP contribution in [0.2, 0.25) is 0 Å². The molecule has 1 aromatic carbocycles. The highest BCUT2D eigenvalue weighted by molar-refractivity contribution is 5.94. The van der Waals surface area contributed by atoms with Crippen molar-refractivity contribution in [2.24, 2.45) is 0 Å². The molecule has 1 N–H and O–H groups in total. The van der Waals surface area contributed by atoms with Gasteiger partial charge in [-0.15, -0.1) is 0 Å². The van der Waals surface area contributed by atoms with E-state index < -0.39 is 0 Å². The first-order chi connectivity index (χ1) is 13.2. The molecule has 2 heterocycles. The lowest BCUT2D eigenvalue weighted by Gasteiger charge is -2.24. The molecule has 2 aliphatic rings. The number of urea groups is 1. The Labute approximate surface area is 159 Å². The van der Waals surface area contributed by atoms with Gasteiger partial charge in [0.2, 0.25) is 0 Å². The zero-order chi connectivity index (χ0) is 18.6. The van der Waals surface area contributed by atoms with E-state index in [-0.39, 0.29) is 11.9 Å². The van der Waals surface area contributed by atoms with Gasteiger partial charge in [0.1, 0.15) is 6.26 Å². The highest BCUT2D eigenvalue weighted by atomic mass is 16.3. The van der Waals surface area contributed by atoms with Crippen molar-refractivity contribution in [1.82, 2.24) is 9.80 Å². The van der Waals surface area contributed by atoms with E-state index >= 15 is 0 Å². The van der Waals surface area contributed by atoms with E-state index in [2.05, 4.69) is 11.4 Å². The zero-order valence-corrected chi connectivity index (χ0v) is 15.4. The summed E-state index contributed by atoms with van der Waals surface area (Å²) in [6.07, 6.45) is 8.25. The average Bonchev–Trinajstić information content (AvgIpc) is 3.12. The second kappa shape index (κ2) is 7.86. The number of hydrogen-bond donors (Lipinski definition) is 1. The Hall–Kier alpha value is -2.76. The molecule has 0 saturated carbocycles. The first kappa shape index (κ1) is 17.6. The summed E-state index contributed by atoms with van der Waals surface area (Å²) in [7, 11) is 0. The van der Waals surface area contributed by atoms with E-state index in [0.717, 1.165) is 24.9 Å². The molecule has 0 radical (unpaired) electrons. The Bertz CT molecular complexity index is 816. The average molecular weight is 367 g/mol. The van der Waals surface area contributed by atoms with Gasteiger partial charge < -0.3 is 19.5 Å². The van der Waals surface area contributed by atoms with E-state index in [1.165, 1.54) is 36.5 Å². The molecule has 2 aromatic rings. The molecule has 27 heavy (non-hydrogen) atoms. The van der Waals surface area contributed by atoms with E-state index in [1.54, 1.807) is 11.0 Å². The quantitative estimate of drug-likeness (QED) is 0.883. The summed E-state index contributed by atoms with van der Waals surface area (Å²) in [4.78, 5) is 28.9. The van der Waals surface area contributed by atoms with E-state index in [4.69, 9.17) is 4.42 Å². The first-order valence-electron chi connectivity index (χ1n) is 9.70. The van der Waals surface area contributed by atoms with Crippen LogP contribution in [0.25, 0.3) is 0 Å². The molecule has 0 atom stereocenters. The predicted octanol–water partition coefficient (Wildman–Crippen LogP) is 3.54. The largest absolute Gasteiger partial charge is 0.472 e. The highest BCUT2D eigenvalue weighted by Gasteiger charge is 2.24. The minimum absolute atomic E-state index is 0.0388. The molecule has 4 rings (SSSR count). The summed E-state index contributed by atoms with van der Waals surface area (Å²) < 4.78 is 5.01. The summed E-state index contributed by atoms with van der Waals surface area (Å²) in [6.45, 7) is 2.36. The van der Waals surface area contributed by atoms with Gasteiger partial charge in [-0.2, -0.15) is 0 Å². The maximum Gasteiger partial charge on any atom is 0.321 e. The highest BCUT2D eigenvalue weighted by Crippen LogP contribution is 2.28. The number of amides is 3. The van der Waals surface area contributed by atoms with Gasteiger partial charge in [-0.05, 0) is 55.4 Å². The van der Waals surface area contributed by atoms with Crippen LogP contribution in [0.5, 0.6) is 0 Å². The summed E-state index contributed by atoms with van der Waals surface area (Å²) in [5.74, 6) is -0.0388. The number of benzene rings is 1. The van der Waals surface area contributed by atoms with Gasteiger partial charge >= 0.3 is 6.03 Å². The predicted molar refractivity (Wildman–Crippen MR) is 103 cm³/mol. The molecule has 3 amide bonds. The number of hydrogen-bond acceptors (Lipinski definition) is 3. The summed E-state index contributed by atoms with van der Waals surface area (Å²) in [6, 6.07) is 7.78. The molecule has 1 aromatic heterocycles. The number of nitrogens with one attached hydrogen (secondary N) is 1. The Balaban J connectivity index is 1.39. The summed E-state index contributed by atoms with van der Waals surface area (Å²) in [5, 5.41) is 3.11. The third-order valence-corrected chi connectivity index (χ3v) is 5.48. The van der Waals surface area contributed by atoms with E-state index in [0.29, 0.717) is 31.7 Å². The molecule has 1 saturated heterocycles. The molecule has 0 spiro atoms. The van der Waals surface area contributed by atoms with Gasteiger partial charge in [-0.25, -0.2) is 4.79 Å². The Morgan fingerprint density at radius 1 is 0.926 bits per heavy atom. The van der Waals surface area contributed by atoms with Crippen molar-refractivity contribution in [3.63, 3.8) is 0 Å². The minimum Gasteiger partial charge on any atom is -0.472 e. The van der Waals surface area contributed by atoms with E-state index in [1.807, 2.05) is 17.0 Å². The minimum atomic E-state index is -0.0772. The number of carbonyl (C=O) groups is 2.